The normalized spacial score (nSPS) is 12.4. The minimum absolute atomic E-state index is 0.146. The maximum atomic E-state index is 13.2. The van der Waals surface area contributed by atoms with Crippen LogP contribution >= 0.6 is 0 Å². The van der Waals surface area contributed by atoms with E-state index in [0.717, 1.165) is 5.56 Å². The van der Waals surface area contributed by atoms with E-state index in [0.29, 0.717) is 6.42 Å². The van der Waals surface area contributed by atoms with Gasteiger partial charge < -0.3 is 4.40 Å². The van der Waals surface area contributed by atoms with Crippen molar-refractivity contribution in [3.05, 3.63) is 66.0 Å². The fraction of sp³-hybridized carbons (Fsp3) is 0.273. The number of benzene rings is 1. The first kappa shape index (κ1) is 23.7. The number of carbonyl (C=O) groups is 1. The molecule has 0 aliphatic rings. The molecule has 0 aliphatic heterocycles. The summed E-state index contributed by atoms with van der Waals surface area (Å²) >= 11 is 0. The van der Waals surface area contributed by atoms with Gasteiger partial charge in [-0.15, -0.1) is 0 Å². The number of sulfone groups is 2. The Bertz CT molecular complexity index is 1360. The molecule has 0 radical (unpaired) electrons. The van der Waals surface area contributed by atoms with Crippen LogP contribution in [-0.4, -0.2) is 44.9 Å². The van der Waals surface area contributed by atoms with Gasteiger partial charge in [0.25, 0.3) is 5.91 Å². The highest BCUT2D eigenvalue weighted by molar-refractivity contribution is 7.94. The molecule has 32 heavy (non-hydrogen) atoms. The largest absolute Gasteiger partial charge is 0.310 e. The highest BCUT2D eigenvalue weighted by atomic mass is 32.2. The van der Waals surface area contributed by atoms with Crippen LogP contribution in [0.2, 0.25) is 0 Å². The van der Waals surface area contributed by atoms with Crippen molar-refractivity contribution in [2.45, 2.75) is 36.5 Å². The van der Waals surface area contributed by atoms with Gasteiger partial charge in [0, 0.05) is 6.20 Å². The number of fused-ring (bicyclic) bond motifs is 1. The fourth-order valence-corrected chi connectivity index (χ4v) is 7.44. The predicted octanol–water partition coefficient (Wildman–Crippen LogP) is 3.07. The Morgan fingerprint density at radius 3 is 2.12 bits per heavy atom. The lowest BCUT2D eigenvalue weighted by molar-refractivity contribution is 0.0945. The highest BCUT2D eigenvalue weighted by Gasteiger charge is 2.36. The second-order valence-corrected chi connectivity index (χ2v) is 11.3. The van der Waals surface area contributed by atoms with Crippen molar-refractivity contribution in [3.63, 3.8) is 0 Å². The van der Waals surface area contributed by atoms with Crippen LogP contribution in [0.25, 0.3) is 5.52 Å². The smallest absolute Gasteiger partial charge is 0.289 e. The standard InChI is InChI=1S/C22H25N3O5S2/c1-3-14-31(27,28)20-18-12-8-9-13-25(18)19(21(20)32(29,30)15-4-2)22(26)24-23-16-17-10-6-5-7-11-17/h5-13,16H,3-4,14-15H2,1-2H3,(H,24,26). The third-order valence-electron chi connectivity index (χ3n) is 4.72. The molecule has 0 atom stereocenters. The first-order valence-corrected chi connectivity index (χ1v) is 13.5. The Balaban J connectivity index is 2.23. The fourth-order valence-electron chi connectivity index (χ4n) is 3.46. The molecule has 0 saturated heterocycles. The minimum atomic E-state index is -4.07. The number of hydrogen-bond donors (Lipinski definition) is 1. The molecule has 2 heterocycles. The molecule has 170 valence electrons. The van der Waals surface area contributed by atoms with Gasteiger partial charge in [-0.1, -0.05) is 50.2 Å². The van der Waals surface area contributed by atoms with Crippen molar-refractivity contribution < 1.29 is 21.6 Å². The van der Waals surface area contributed by atoms with Crippen molar-refractivity contribution in [1.29, 1.82) is 0 Å². The van der Waals surface area contributed by atoms with Crippen LogP contribution in [0.5, 0.6) is 0 Å². The van der Waals surface area contributed by atoms with Gasteiger partial charge >= 0.3 is 0 Å². The van der Waals surface area contributed by atoms with Crippen LogP contribution in [0.15, 0.2) is 69.6 Å². The number of nitrogens with zero attached hydrogens (tertiary/aromatic N) is 2. The number of nitrogens with one attached hydrogen (secondary N) is 1. The second kappa shape index (κ2) is 9.66. The number of hydrogen-bond acceptors (Lipinski definition) is 6. The number of pyridine rings is 1. The van der Waals surface area contributed by atoms with Gasteiger partial charge in [0.15, 0.2) is 19.7 Å². The van der Waals surface area contributed by atoms with Gasteiger partial charge in [-0.2, -0.15) is 5.10 Å². The first-order valence-electron chi connectivity index (χ1n) is 10.2. The highest BCUT2D eigenvalue weighted by Crippen LogP contribution is 2.34. The monoisotopic (exact) mass is 475 g/mol. The quantitative estimate of drug-likeness (QED) is 0.377. The molecule has 1 aromatic carbocycles. The van der Waals surface area contributed by atoms with Crippen LogP contribution in [0, 0.1) is 0 Å². The van der Waals surface area contributed by atoms with E-state index in [9.17, 15) is 21.6 Å². The molecule has 0 aliphatic carbocycles. The van der Waals surface area contributed by atoms with Gasteiger partial charge in [0.05, 0.1) is 23.2 Å². The summed E-state index contributed by atoms with van der Waals surface area (Å²) in [4.78, 5) is 12.3. The molecule has 8 nitrogen and oxygen atoms in total. The van der Waals surface area contributed by atoms with Crippen LogP contribution < -0.4 is 5.43 Å². The lowest BCUT2D eigenvalue weighted by Crippen LogP contribution is -2.23. The summed E-state index contributed by atoms with van der Waals surface area (Å²) in [6.07, 6.45) is 3.47. The Kier molecular flexibility index (Phi) is 7.15. The molecule has 10 heteroatoms. The van der Waals surface area contributed by atoms with E-state index in [-0.39, 0.29) is 34.0 Å². The molecular formula is C22H25N3O5S2. The van der Waals surface area contributed by atoms with Crippen LogP contribution in [-0.2, 0) is 19.7 Å². The summed E-state index contributed by atoms with van der Waals surface area (Å²) in [5.74, 6) is -1.33. The molecule has 0 bridgehead atoms. The number of carbonyl (C=O) groups excluding carboxylic acids is 1. The summed E-state index contributed by atoms with van der Waals surface area (Å²) in [7, 11) is -8.03. The molecule has 2 aromatic heterocycles. The molecule has 1 N–H and O–H groups in total. The van der Waals surface area contributed by atoms with Crippen molar-refractivity contribution in [3.8, 4) is 0 Å². The Labute approximate surface area is 187 Å². The SMILES string of the molecule is CCCS(=O)(=O)c1c(S(=O)(=O)CCC)c2ccccn2c1C(=O)NN=Cc1ccccc1. The van der Waals surface area contributed by atoms with Gasteiger partial charge in [-0.05, 0) is 30.5 Å². The van der Waals surface area contributed by atoms with Crippen molar-refractivity contribution in [1.82, 2.24) is 9.83 Å². The van der Waals surface area contributed by atoms with E-state index in [2.05, 4.69) is 10.5 Å². The molecule has 1 amide bonds. The molecule has 0 fully saturated rings. The zero-order chi connectivity index (χ0) is 23.4. The third-order valence-corrected chi connectivity index (χ3v) is 8.79. The van der Waals surface area contributed by atoms with Gasteiger partial charge in [0.1, 0.15) is 15.5 Å². The van der Waals surface area contributed by atoms with E-state index in [4.69, 9.17) is 0 Å². The average molecular weight is 476 g/mol. The zero-order valence-electron chi connectivity index (χ0n) is 17.9. The maximum absolute atomic E-state index is 13.2. The zero-order valence-corrected chi connectivity index (χ0v) is 19.5. The van der Waals surface area contributed by atoms with E-state index in [1.54, 1.807) is 38.1 Å². The molecule has 3 rings (SSSR count). The topological polar surface area (TPSA) is 114 Å². The van der Waals surface area contributed by atoms with Crippen LogP contribution in [0.3, 0.4) is 0 Å². The first-order chi connectivity index (χ1) is 15.2. The van der Waals surface area contributed by atoms with E-state index < -0.39 is 30.5 Å². The number of aromatic nitrogens is 1. The second-order valence-electron chi connectivity index (χ2n) is 7.21. The summed E-state index contributed by atoms with van der Waals surface area (Å²) in [6.45, 7) is 3.37. The summed E-state index contributed by atoms with van der Waals surface area (Å²) in [5.41, 5.74) is 2.95. The molecule has 0 saturated carbocycles. The Morgan fingerprint density at radius 1 is 0.906 bits per heavy atom. The van der Waals surface area contributed by atoms with Crippen LogP contribution in [0.4, 0.5) is 0 Å². The number of hydrazone groups is 1. The van der Waals surface area contributed by atoms with Gasteiger partial charge in [-0.25, -0.2) is 22.3 Å². The molecule has 0 spiro atoms. The molecule has 0 unspecified atom stereocenters. The van der Waals surface area contributed by atoms with Crippen molar-refractivity contribution in [2.24, 2.45) is 5.10 Å². The molecule has 3 aromatic rings. The maximum Gasteiger partial charge on any atom is 0.289 e. The average Bonchev–Trinajstić information content (AvgIpc) is 3.12. The number of amides is 1. The van der Waals surface area contributed by atoms with E-state index in [1.807, 2.05) is 18.2 Å². The Morgan fingerprint density at radius 2 is 1.50 bits per heavy atom. The van der Waals surface area contributed by atoms with Crippen LogP contribution in [0.1, 0.15) is 42.7 Å². The van der Waals surface area contributed by atoms with E-state index >= 15 is 0 Å². The van der Waals surface area contributed by atoms with Gasteiger partial charge in [-0.3, -0.25) is 4.79 Å². The summed E-state index contributed by atoms with van der Waals surface area (Å²) in [6, 6.07) is 13.7. The lowest BCUT2D eigenvalue weighted by atomic mass is 10.2. The summed E-state index contributed by atoms with van der Waals surface area (Å²) in [5, 5.41) is 3.92. The van der Waals surface area contributed by atoms with Gasteiger partial charge in [0.2, 0.25) is 0 Å². The van der Waals surface area contributed by atoms with E-state index in [1.165, 1.54) is 22.9 Å². The predicted molar refractivity (Wildman–Crippen MR) is 124 cm³/mol. The Hall–Kier alpha value is -2.98. The molecular weight excluding hydrogens is 450 g/mol. The van der Waals surface area contributed by atoms with Crippen molar-refractivity contribution in [2.75, 3.05) is 11.5 Å². The number of rotatable bonds is 9. The third kappa shape index (κ3) is 4.76. The summed E-state index contributed by atoms with van der Waals surface area (Å²) < 4.78 is 53.9. The minimum Gasteiger partial charge on any atom is -0.310 e. The lowest BCUT2D eigenvalue weighted by Gasteiger charge is -2.08. The van der Waals surface area contributed by atoms with Crippen molar-refractivity contribution >= 4 is 37.3 Å².